The maximum Gasteiger partial charge on any atom is 0.167 e. The molecule has 0 aliphatic rings. The van der Waals surface area contributed by atoms with Crippen molar-refractivity contribution in [3.63, 3.8) is 0 Å². The van der Waals surface area contributed by atoms with Crippen LogP contribution in [0.4, 0.5) is 0 Å². The number of carbonyl (C=O) groups is 1. The normalized spacial score (nSPS) is 12.2. The van der Waals surface area contributed by atoms with E-state index in [0.717, 1.165) is 12.2 Å². The summed E-state index contributed by atoms with van der Waals surface area (Å²) in [5.74, 6) is 0.753. The van der Waals surface area contributed by atoms with Crippen LogP contribution in [-0.4, -0.2) is 18.9 Å². The van der Waals surface area contributed by atoms with Crippen molar-refractivity contribution in [1.82, 2.24) is 0 Å². The second-order valence-electron chi connectivity index (χ2n) is 3.67. The maximum atomic E-state index is 12.0. The third-order valence-corrected chi connectivity index (χ3v) is 2.58. The van der Waals surface area contributed by atoms with Crippen LogP contribution in [0.2, 0.25) is 0 Å². The van der Waals surface area contributed by atoms with Crippen LogP contribution in [0.1, 0.15) is 30.6 Å². The molecule has 0 aliphatic heterocycles. The van der Waals surface area contributed by atoms with Crippen molar-refractivity contribution in [1.29, 1.82) is 0 Å². The number of ether oxygens (including phenoxy) is 1. The zero-order valence-corrected chi connectivity index (χ0v) is 9.90. The monoisotopic (exact) mass is 221 g/mol. The fraction of sp³-hybridized carbons (Fsp3) is 0.462. The third kappa shape index (κ3) is 3.07. The number of hydrogen-bond donors (Lipinski definition) is 1. The van der Waals surface area contributed by atoms with Gasteiger partial charge in [0.25, 0.3) is 0 Å². The van der Waals surface area contributed by atoms with Gasteiger partial charge in [-0.25, -0.2) is 0 Å². The Hall–Kier alpha value is -1.35. The molecule has 2 N–H and O–H groups in total. The molecule has 0 amide bonds. The van der Waals surface area contributed by atoms with Gasteiger partial charge in [0.05, 0.1) is 6.61 Å². The van der Waals surface area contributed by atoms with Gasteiger partial charge in [-0.2, -0.15) is 0 Å². The minimum Gasteiger partial charge on any atom is -0.494 e. The molecule has 1 unspecified atom stereocenters. The van der Waals surface area contributed by atoms with Crippen LogP contribution < -0.4 is 10.5 Å². The SMILES string of the molecule is CCOc1cccc(C(=O)C(CC)CN)c1. The molecule has 0 spiro atoms. The van der Waals surface area contributed by atoms with E-state index in [0.29, 0.717) is 18.7 Å². The van der Waals surface area contributed by atoms with Crippen molar-refractivity contribution in [3.8, 4) is 5.75 Å². The van der Waals surface area contributed by atoms with Crippen molar-refractivity contribution < 1.29 is 9.53 Å². The molecule has 1 aromatic rings. The van der Waals surface area contributed by atoms with Gasteiger partial charge in [-0.3, -0.25) is 4.79 Å². The highest BCUT2D eigenvalue weighted by Gasteiger charge is 2.16. The number of nitrogens with two attached hydrogens (primary N) is 1. The molecule has 0 aliphatic carbocycles. The smallest absolute Gasteiger partial charge is 0.167 e. The van der Waals surface area contributed by atoms with Crippen LogP contribution in [-0.2, 0) is 0 Å². The molecular weight excluding hydrogens is 202 g/mol. The summed E-state index contributed by atoms with van der Waals surface area (Å²) in [6, 6.07) is 7.28. The van der Waals surface area contributed by atoms with Crippen molar-refractivity contribution in [2.75, 3.05) is 13.2 Å². The average molecular weight is 221 g/mol. The quantitative estimate of drug-likeness (QED) is 0.750. The summed E-state index contributed by atoms with van der Waals surface area (Å²) in [6.07, 6.45) is 0.772. The van der Waals surface area contributed by atoms with Crippen LogP contribution in [0.3, 0.4) is 0 Å². The summed E-state index contributed by atoms with van der Waals surface area (Å²) >= 11 is 0. The highest BCUT2D eigenvalue weighted by molar-refractivity contribution is 5.98. The minimum absolute atomic E-state index is 0.0862. The predicted molar refractivity (Wildman–Crippen MR) is 64.8 cm³/mol. The molecule has 3 nitrogen and oxygen atoms in total. The van der Waals surface area contributed by atoms with Gasteiger partial charge in [-0.05, 0) is 25.5 Å². The molecule has 1 rings (SSSR count). The third-order valence-electron chi connectivity index (χ3n) is 2.58. The number of hydrogen-bond acceptors (Lipinski definition) is 3. The van der Waals surface area contributed by atoms with Crippen molar-refractivity contribution >= 4 is 5.78 Å². The number of carbonyl (C=O) groups excluding carboxylic acids is 1. The van der Waals surface area contributed by atoms with Crippen molar-refractivity contribution in [2.45, 2.75) is 20.3 Å². The van der Waals surface area contributed by atoms with E-state index in [9.17, 15) is 4.79 Å². The Morgan fingerprint density at radius 1 is 1.44 bits per heavy atom. The Morgan fingerprint density at radius 3 is 2.75 bits per heavy atom. The molecule has 3 heteroatoms. The van der Waals surface area contributed by atoms with Crippen LogP contribution in [0.15, 0.2) is 24.3 Å². The highest BCUT2D eigenvalue weighted by atomic mass is 16.5. The zero-order valence-electron chi connectivity index (χ0n) is 9.90. The Balaban J connectivity index is 2.86. The van der Waals surface area contributed by atoms with Crippen LogP contribution in [0.25, 0.3) is 0 Å². The number of benzene rings is 1. The van der Waals surface area contributed by atoms with Gasteiger partial charge in [-0.1, -0.05) is 19.1 Å². The van der Waals surface area contributed by atoms with Gasteiger partial charge < -0.3 is 10.5 Å². The molecule has 0 bridgehead atoms. The number of ketones is 1. The molecule has 0 fully saturated rings. The first kappa shape index (κ1) is 12.7. The molecule has 16 heavy (non-hydrogen) atoms. The summed E-state index contributed by atoms with van der Waals surface area (Å²) in [6.45, 7) is 4.89. The Bertz CT molecular complexity index is 346. The maximum absolute atomic E-state index is 12.0. The van der Waals surface area contributed by atoms with Gasteiger partial charge in [0.15, 0.2) is 5.78 Å². The molecule has 0 heterocycles. The lowest BCUT2D eigenvalue weighted by Crippen LogP contribution is -2.23. The van der Waals surface area contributed by atoms with E-state index in [1.807, 2.05) is 32.0 Å². The predicted octanol–water partition coefficient (Wildman–Crippen LogP) is 2.25. The standard InChI is InChI=1S/C13H19NO2/c1-3-10(9-14)13(15)11-6-5-7-12(8-11)16-4-2/h5-8,10H,3-4,9,14H2,1-2H3. The van der Waals surface area contributed by atoms with Crippen LogP contribution >= 0.6 is 0 Å². The Labute approximate surface area is 96.6 Å². The Morgan fingerprint density at radius 2 is 2.19 bits per heavy atom. The second-order valence-corrected chi connectivity index (χ2v) is 3.67. The molecule has 0 aromatic heterocycles. The van der Waals surface area contributed by atoms with E-state index in [4.69, 9.17) is 10.5 Å². The summed E-state index contributed by atoms with van der Waals surface area (Å²) in [5.41, 5.74) is 6.25. The number of Topliss-reactive ketones (excluding diaryl/α,β-unsaturated/α-hetero) is 1. The van der Waals surface area contributed by atoms with Gasteiger partial charge in [0.2, 0.25) is 0 Å². The molecule has 1 aromatic carbocycles. The van der Waals surface area contributed by atoms with Crippen molar-refractivity contribution in [3.05, 3.63) is 29.8 Å². The molecule has 0 radical (unpaired) electrons. The van der Waals surface area contributed by atoms with Crippen LogP contribution in [0.5, 0.6) is 5.75 Å². The van der Waals surface area contributed by atoms with E-state index < -0.39 is 0 Å². The second kappa shape index (κ2) is 6.28. The van der Waals surface area contributed by atoms with Gasteiger partial charge in [0.1, 0.15) is 5.75 Å². The average Bonchev–Trinajstić information content (AvgIpc) is 2.31. The summed E-state index contributed by atoms with van der Waals surface area (Å²) < 4.78 is 5.36. The first-order valence-electron chi connectivity index (χ1n) is 5.70. The van der Waals surface area contributed by atoms with Gasteiger partial charge in [0, 0.05) is 18.0 Å². The molecule has 0 saturated heterocycles. The van der Waals surface area contributed by atoms with E-state index in [2.05, 4.69) is 0 Å². The molecular formula is C13H19NO2. The van der Waals surface area contributed by atoms with Crippen LogP contribution in [0, 0.1) is 5.92 Å². The number of rotatable bonds is 6. The van der Waals surface area contributed by atoms with E-state index >= 15 is 0 Å². The van der Waals surface area contributed by atoms with E-state index in [1.165, 1.54) is 0 Å². The summed E-state index contributed by atoms with van der Waals surface area (Å²) in [4.78, 5) is 12.0. The lowest BCUT2D eigenvalue weighted by atomic mass is 9.95. The highest BCUT2D eigenvalue weighted by Crippen LogP contribution is 2.17. The summed E-state index contributed by atoms with van der Waals surface area (Å²) in [5, 5.41) is 0. The summed E-state index contributed by atoms with van der Waals surface area (Å²) in [7, 11) is 0. The fourth-order valence-electron chi connectivity index (χ4n) is 1.60. The van der Waals surface area contributed by atoms with Gasteiger partial charge in [-0.15, -0.1) is 0 Å². The van der Waals surface area contributed by atoms with E-state index in [1.54, 1.807) is 6.07 Å². The van der Waals surface area contributed by atoms with Crippen molar-refractivity contribution in [2.24, 2.45) is 11.7 Å². The Kier molecular flexibility index (Phi) is 4.99. The largest absolute Gasteiger partial charge is 0.494 e. The lowest BCUT2D eigenvalue weighted by Gasteiger charge is -2.11. The van der Waals surface area contributed by atoms with Gasteiger partial charge >= 0.3 is 0 Å². The molecule has 88 valence electrons. The van der Waals surface area contributed by atoms with E-state index in [-0.39, 0.29) is 11.7 Å². The topological polar surface area (TPSA) is 52.3 Å². The minimum atomic E-state index is -0.0862. The molecule has 1 atom stereocenters. The molecule has 0 saturated carbocycles. The zero-order chi connectivity index (χ0) is 12.0. The first-order valence-corrected chi connectivity index (χ1v) is 5.70. The fourth-order valence-corrected chi connectivity index (χ4v) is 1.60. The lowest BCUT2D eigenvalue weighted by molar-refractivity contribution is 0.0921. The first-order chi connectivity index (χ1) is 7.72.